The van der Waals surface area contributed by atoms with E-state index in [-0.39, 0.29) is 0 Å². The summed E-state index contributed by atoms with van der Waals surface area (Å²) in [6.07, 6.45) is 7.00. The zero-order valence-electron chi connectivity index (χ0n) is 19.7. The molecule has 0 aromatic heterocycles. The molecule has 2 aromatic rings. The smallest absolute Gasteiger partial charge is 0.0479 e. The minimum absolute atomic E-state index is 0.451. The molecule has 1 heterocycles. The van der Waals surface area contributed by atoms with Crippen LogP contribution in [0.15, 0.2) is 48.7 Å². The van der Waals surface area contributed by atoms with Gasteiger partial charge in [-0.25, -0.2) is 0 Å². The van der Waals surface area contributed by atoms with Gasteiger partial charge in [0.25, 0.3) is 0 Å². The molecule has 0 saturated carbocycles. The summed E-state index contributed by atoms with van der Waals surface area (Å²) < 4.78 is 0. The van der Waals surface area contributed by atoms with Crippen LogP contribution in [0.3, 0.4) is 0 Å². The Hall–Kier alpha value is -2.46. The molecule has 4 heteroatoms. The maximum absolute atomic E-state index is 6.09. The average molecular weight is 421 g/mol. The number of nitrogens with two attached hydrogens (primary N) is 1. The molecule has 0 radical (unpaired) electrons. The lowest BCUT2D eigenvalue weighted by Gasteiger charge is -2.30. The highest BCUT2D eigenvalue weighted by Crippen LogP contribution is 2.31. The van der Waals surface area contributed by atoms with Gasteiger partial charge in [-0.2, -0.15) is 0 Å². The molecular weight excluding hydrogens is 380 g/mol. The predicted molar refractivity (Wildman–Crippen MR) is 136 cm³/mol. The Morgan fingerprint density at radius 3 is 2.39 bits per heavy atom. The third kappa shape index (κ3) is 5.82. The van der Waals surface area contributed by atoms with E-state index in [1.807, 2.05) is 7.05 Å². The second-order valence-corrected chi connectivity index (χ2v) is 8.65. The van der Waals surface area contributed by atoms with E-state index in [9.17, 15) is 0 Å². The summed E-state index contributed by atoms with van der Waals surface area (Å²) in [7, 11) is 1.97. The zero-order chi connectivity index (χ0) is 22.2. The Bertz CT molecular complexity index is 868. The van der Waals surface area contributed by atoms with Crippen molar-refractivity contribution < 1.29 is 0 Å². The van der Waals surface area contributed by atoms with E-state index in [0.717, 1.165) is 43.6 Å². The van der Waals surface area contributed by atoms with Crippen LogP contribution < -0.4 is 20.9 Å². The first-order chi connectivity index (χ1) is 15.1. The topological polar surface area (TPSA) is 44.5 Å². The minimum Gasteiger partial charge on any atom is -0.388 e. The van der Waals surface area contributed by atoms with Crippen molar-refractivity contribution in [2.75, 3.05) is 41.8 Å². The summed E-state index contributed by atoms with van der Waals surface area (Å²) in [6.45, 7) is 12.4. The zero-order valence-corrected chi connectivity index (χ0v) is 19.7. The molecule has 4 nitrogen and oxygen atoms in total. The van der Waals surface area contributed by atoms with Crippen molar-refractivity contribution in [2.24, 2.45) is 5.73 Å². The third-order valence-corrected chi connectivity index (χ3v) is 6.18. The van der Waals surface area contributed by atoms with Crippen molar-refractivity contribution in [2.45, 2.75) is 58.9 Å². The van der Waals surface area contributed by atoms with Crippen molar-refractivity contribution >= 4 is 17.1 Å². The van der Waals surface area contributed by atoms with Crippen LogP contribution in [0.25, 0.3) is 0 Å². The maximum Gasteiger partial charge on any atom is 0.0479 e. The van der Waals surface area contributed by atoms with E-state index in [2.05, 4.69) is 71.9 Å². The summed E-state index contributed by atoms with van der Waals surface area (Å²) in [6, 6.07) is 13.8. The van der Waals surface area contributed by atoms with Gasteiger partial charge in [0, 0.05) is 56.0 Å². The largest absolute Gasteiger partial charge is 0.388 e. The van der Waals surface area contributed by atoms with Gasteiger partial charge >= 0.3 is 0 Å². The van der Waals surface area contributed by atoms with Gasteiger partial charge < -0.3 is 20.9 Å². The number of benzene rings is 2. The Balaban J connectivity index is 1.99. The molecule has 1 fully saturated rings. The Morgan fingerprint density at radius 2 is 1.74 bits per heavy atom. The number of nitrogens with one attached hydrogen (secondary N) is 1. The highest BCUT2D eigenvalue weighted by atomic mass is 15.2. The number of hydrogen-bond acceptors (Lipinski definition) is 4. The highest BCUT2D eigenvalue weighted by Gasteiger charge is 2.18. The summed E-state index contributed by atoms with van der Waals surface area (Å²) in [4.78, 5) is 4.86. The van der Waals surface area contributed by atoms with Crippen LogP contribution in [0.4, 0.5) is 17.1 Å². The Kier molecular flexibility index (Phi) is 8.42. The maximum atomic E-state index is 6.09. The van der Waals surface area contributed by atoms with Crippen LogP contribution in [0.2, 0.25) is 0 Å². The molecule has 2 aromatic carbocycles. The fraction of sp³-hybridized carbons (Fsp3) is 0.481. The van der Waals surface area contributed by atoms with E-state index in [0.29, 0.717) is 6.54 Å². The van der Waals surface area contributed by atoms with Gasteiger partial charge in [-0.3, -0.25) is 0 Å². The van der Waals surface area contributed by atoms with Gasteiger partial charge in [-0.15, -0.1) is 0 Å². The molecule has 0 amide bonds. The first kappa shape index (κ1) is 23.2. The fourth-order valence-electron chi connectivity index (χ4n) is 4.56. The first-order valence-electron chi connectivity index (χ1n) is 11.9. The van der Waals surface area contributed by atoms with Crippen LogP contribution >= 0.6 is 0 Å². The predicted octanol–water partition coefficient (Wildman–Crippen LogP) is 5.71. The lowest BCUT2D eigenvalue weighted by molar-refractivity contribution is 0.849. The molecule has 1 aliphatic rings. The molecule has 3 N–H and O–H groups in total. The van der Waals surface area contributed by atoms with Crippen molar-refractivity contribution in [3.05, 3.63) is 65.4 Å². The van der Waals surface area contributed by atoms with E-state index < -0.39 is 0 Å². The van der Waals surface area contributed by atoms with Crippen LogP contribution in [-0.2, 0) is 19.4 Å². The van der Waals surface area contributed by atoms with Crippen LogP contribution in [0, 0.1) is 0 Å². The van der Waals surface area contributed by atoms with Crippen LogP contribution in [0.5, 0.6) is 0 Å². The SMILES string of the molecule is C=C(CN)N(Cc1cc(CCC)cc(N2CCCC2)c1)c1ccc(NC)cc1CCC. The van der Waals surface area contributed by atoms with Crippen molar-refractivity contribution in [1.82, 2.24) is 0 Å². The second kappa shape index (κ2) is 11.2. The van der Waals surface area contributed by atoms with Gasteiger partial charge in [0.2, 0.25) is 0 Å². The molecule has 168 valence electrons. The average Bonchev–Trinajstić information content (AvgIpc) is 3.32. The van der Waals surface area contributed by atoms with Gasteiger partial charge in [0.15, 0.2) is 0 Å². The summed E-state index contributed by atoms with van der Waals surface area (Å²) in [5.74, 6) is 0. The van der Waals surface area contributed by atoms with Crippen molar-refractivity contribution in [3.63, 3.8) is 0 Å². The van der Waals surface area contributed by atoms with Gasteiger partial charge in [0.05, 0.1) is 0 Å². The van der Waals surface area contributed by atoms with E-state index in [1.54, 1.807) is 0 Å². The molecule has 0 bridgehead atoms. The monoisotopic (exact) mass is 420 g/mol. The van der Waals surface area contributed by atoms with Crippen molar-refractivity contribution in [3.8, 4) is 0 Å². The number of hydrogen-bond donors (Lipinski definition) is 2. The fourth-order valence-corrected chi connectivity index (χ4v) is 4.56. The second-order valence-electron chi connectivity index (χ2n) is 8.65. The van der Waals surface area contributed by atoms with Gasteiger partial charge in [-0.1, -0.05) is 39.3 Å². The molecule has 1 saturated heterocycles. The first-order valence-corrected chi connectivity index (χ1v) is 11.9. The van der Waals surface area contributed by atoms with Crippen LogP contribution in [0.1, 0.15) is 56.2 Å². The molecule has 0 spiro atoms. The molecule has 0 aliphatic carbocycles. The quantitative estimate of drug-likeness (QED) is 0.488. The van der Waals surface area contributed by atoms with E-state index >= 15 is 0 Å². The molecule has 3 rings (SSSR count). The highest BCUT2D eigenvalue weighted by molar-refractivity contribution is 5.64. The van der Waals surface area contributed by atoms with Gasteiger partial charge in [-0.05, 0) is 72.7 Å². The normalized spacial score (nSPS) is 13.5. The number of rotatable bonds is 11. The standard InChI is InChI=1S/C27H40N4/c1-5-9-22-15-23(17-26(16-22)30-13-7-8-14-30)20-31(21(3)19-28)27-12-11-25(29-4)18-24(27)10-6-2/h11-12,15-18,29H,3,5-10,13-14,19-20,28H2,1-2,4H3. The molecule has 31 heavy (non-hydrogen) atoms. The lowest BCUT2D eigenvalue weighted by atomic mass is 10.0. The molecule has 0 atom stereocenters. The Labute approximate surface area is 189 Å². The number of anilines is 3. The number of nitrogens with zero attached hydrogens (tertiary/aromatic N) is 2. The van der Waals surface area contributed by atoms with Gasteiger partial charge in [0.1, 0.15) is 0 Å². The minimum atomic E-state index is 0.451. The molecule has 0 unspecified atom stereocenters. The third-order valence-electron chi connectivity index (χ3n) is 6.18. The van der Waals surface area contributed by atoms with E-state index in [4.69, 9.17) is 5.73 Å². The summed E-state index contributed by atoms with van der Waals surface area (Å²) >= 11 is 0. The Morgan fingerprint density at radius 1 is 1.03 bits per heavy atom. The summed E-state index contributed by atoms with van der Waals surface area (Å²) in [5, 5.41) is 3.27. The van der Waals surface area contributed by atoms with E-state index in [1.165, 1.54) is 54.0 Å². The van der Waals surface area contributed by atoms with Crippen molar-refractivity contribution in [1.29, 1.82) is 0 Å². The molecular formula is C27H40N4. The molecule has 1 aliphatic heterocycles. The number of aryl methyl sites for hydroxylation is 2. The van der Waals surface area contributed by atoms with Crippen LogP contribution in [-0.4, -0.2) is 26.7 Å². The lowest BCUT2D eigenvalue weighted by Crippen LogP contribution is -2.27. The summed E-state index contributed by atoms with van der Waals surface area (Å²) in [5.41, 5.74) is 14.9.